The number of rotatable bonds is 6. The molecule has 122 valence electrons. The Balaban J connectivity index is 1.37. The quantitative estimate of drug-likeness (QED) is 0.807. The SMILES string of the molecule is CN1CCC(C2CC2CCOc2ccc(S(C)=O)cn2)CC1. The molecule has 1 aliphatic carbocycles. The van der Waals surface area contributed by atoms with E-state index in [1.807, 2.05) is 12.1 Å². The largest absolute Gasteiger partial charge is 0.478 e. The molecule has 0 amide bonds. The minimum absolute atomic E-state index is 0.644. The van der Waals surface area contributed by atoms with Crippen molar-refractivity contribution in [3.63, 3.8) is 0 Å². The molecule has 1 saturated carbocycles. The highest BCUT2D eigenvalue weighted by molar-refractivity contribution is 7.84. The van der Waals surface area contributed by atoms with Crippen LogP contribution in [0.15, 0.2) is 23.2 Å². The molecule has 0 N–H and O–H groups in total. The summed E-state index contributed by atoms with van der Waals surface area (Å²) in [6, 6.07) is 3.65. The summed E-state index contributed by atoms with van der Waals surface area (Å²) in [6.45, 7) is 3.27. The summed E-state index contributed by atoms with van der Waals surface area (Å²) in [5.41, 5.74) is 0. The fourth-order valence-corrected chi connectivity index (χ4v) is 4.03. The first kappa shape index (κ1) is 15.9. The van der Waals surface area contributed by atoms with Crippen LogP contribution in [0.5, 0.6) is 5.88 Å². The lowest BCUT2D eigenvalue weighted by atomic mass is 9.91. The van der Waals surface area contributed by atoms with Crippen molar-refractivity contribution in [2.45, 2.75) is 30.6 Å². The predicted molar refractivity (Wildman–Crippen MR) is 88.5 cm³/mol. The molecule has 1 aliphatic heterocycles. The van der Waals surface area contributed by atoms with Crippen molar-refractivity contribution < 1.29 is 8.95 Å². The smallest absolute Gasteiger partial charge is 0.213 e. The van der Waals surface area contributed by atoms with Gasteiger partial charge in [0.2, 0.25) is 5.88 Å². The van der Waals surface area contributed by atoms with Crippen LogP contribution in [0.3, 0.4) is 0 Å². The molecule has 2 aliphatic rings. The Morgan fingerprint density at radius 1 is 1.36 bits per heavy atom. The Hall–Kier alpha value is -0.940. The monoisotopic (exact) mass is 322 g/mol. The summed E-state index contributed by atoms with van der Waals surface area (Å²) < 4.78 is 17.0. The van der Waals surface area contributed by atoms with Crippen molar-refractivity contribution >= 4 is 10.8 Å². The van der Waals surface area contributed by atoms with E-state index in [-0.39, 0.29) is 0 Å². The average Bonchev–Trinajstić information content (AvgIpc) is 3.28. The average molecular weight is 322 g/mol. The van der Waals surface area contributed by atoms with Gasteiger partial charge < -0.3 is 9.64 Å². The van der Waals surface area contributed by atoms with E-state index in [0.29, 0.717) is 5.88 Å². The van der Waals surface area contributed by atoms with E-state index in [0.717, 1.165) is 35.7 Å². The standard InChI is InChI=1S/C17H26N2O2S/c1-19-8-5-13(6-9-19)16-11-14(16)7-10-21-17-4-3-15(12-18-17)22(2)20/h3-4,12-14,16H,5-11H2,1-2H3. The fraction of sp³-hybridized carbons (Fsp3) is 0.706. The van der Waals surface area contributed by atoms with Crippen molar-refractivity contribution in [3.05, 3.63) is 18.3 Å². The molecule has 0 aromatic carbocycles. The molecule has 3 unspecified atom stereocenters. The topological polar surface area (TPSA) is 42.4 Å². The van der Waals surface area contributed by atoms with Crippen molar-refractivity contribution in [2.75, 3.05) is 33.0 Å². The lowest BCUT2D eigenvalue weighted by Gasteiger charge is -2.29. The van der Waals surface area contributed by atoms with E-state index in [1.165, 1.54) is 32.4 Å². The van der Waals surface area contributed by atoms with Crippen LogP contribution in [-0.2, 0) is 10.8 Å². The predicted octanol–water partition coefficient (Wildman–Crippen LogP) is 2.57. The van der Waals surface area contributed by atoms with Gasteiger partial charge in [0.05, 0.1) is 22.3 Å². The summed E-state index contributed by atoms with van der Waals surface area (Å²) in [4.78, 5) is 7.40. The van der Waals surface area contributed by atoms with Crippen LogP contribution in [0.1, 0.15) is 25.7 Å². The zero-order valence-electron chi connectivity index (χ0n) is 13.5. The van der Waals surface area contributed by atoms with Gasteiger partial charge in [-0.3, -0.25) is 4.21 Å². The highest BCUT2D eigenvalue weighted by Gasteiger charge is 2.42. The first-order valence-corrected chi connectivity index (χ1v) is 9.80. The molecule has 3 atom stereocenters. The van der Waals surface area contributed by atoms with Crippen molar-refractivity contribution in [1.29, 1.82) is 0 Å². The Labute approximate surface area is 135 Å². The first-order valence-electron chi connectivity index (χ1n) is 8.24. The highest BCUT2D eigenvalue weighted by atomic mass is 32.2. The Morgan fingerprint density at radius 2 is 2.14 bits per heavy atom. The van der Waals surface area contributed by atoms with Gasteiger partial charge in [-0.25, -0.2) is 4.98 Å². The van der Waals surface area contributed by atoms with Gasteiger partial charge in [-0.1, -0.05) is 0 Å². The fourth-order valence-electron chi connectivity index (χ4n) is 3.57. The second-order valence-corrected chi connectivity index (χ2v) is 8.10. The summed E-state index contributed by atoms with van der Waals surface area (Å²) in [6.07, 6.45) is 8.57. The minimum atomic E-state index is -0.972. The van der Waals surface area contributed by atoms with Crippen LogP contribution >= 0.6 is 0 Å². The molecule has 4 nitrogen and oxygen atoms in total. The third-order valence-electron chi connectivity index (χ3n) is 5.13. The molecule has 2 fully saturated rings. The zero-order chi connectivity index (χ0) is 15.5. The molecule has 0 radical (unpaired) electrons. The van der Waals surface area contributed by atoms with Gasteiger partial charge in [-0.15, -0.1) is 0 Å². The number of hydrogen-bond acceptors (Lipinski definition) is 4. The molecule has 1 saturated heterocycles. The van der Waals surface area contributed by atoms with Gasteiger partial charge in [-0.05, 0) is 69.6 Å². The molecule has 1 aromatic rings. The molecule has 0 bridgehead atoms. The number of aromatic nitrogens is 1. The maximum atomic E-state index is 11.3. The molecular formula is C17H26N2O2S. The van der Waals surface area contributed by atoms with Gasteiger partial charge >= 0.3 is 0 Å². The number of hydrogen-bond donors (Lipinski definition) is 0. The summed E-state index contributed by atoms with van der Waals surface area (Å²) in [7, 11) is 1.25. The molecule has 1 aromatic heterocycles. The Morgan fingerprint density at radius 3 is 2.77 bits per heavy atom. The lowest BCUT2D eigenvalue weighted by molar-refractivity contribution is 0.195. The van der Waals surface area contributed by atoms with Gasteiger partial charge in [0, 0.05) is 18.5 Å². The van der Waals surface area contributed by atoms with E-state index in [2.05, 4.69) is 16.9 Å². The van der Waals surface area contributed by atoms with Crippen LogP contribution in [0.4, 0.5) is 0 Å². The maximum absolute atomic E-state index is 11.3. The van der Waals surface area contributed by atoms with Gasteiger partial charge in [0.15, 0.2) is 0 Å². The lowest BCUT2D eigenvalue weighted by Crippen LogP contribution is -2.31. The number of likely N-dealkylation sites (tertiary alicyclic amines) is 1. The number of piperidine rings is 1. The summed E-state index contributed by atoms with van der Waals surface area (Å²) >= 11 is 0. The molecule has 0 spiro atoms. The van der Waals surface area contributed by atoms with E-state index in [9.17, 15) is 4.21 Å². The Bertz CT molecular complexity index is 512. The van der Waals surface area contributed by atoms with Gasteiger partial charge in [0.1, 0.15) is 0 Å². The second-order valence-electron chi connectivity index (χ2n) is 6.72. The van der Waals surface area contributed by atoms with E-state index >= 15 is 0 Å². The van der Waals surface area contributed by atoms with Crippen LogP contribution in [0.2, 0.25) is 0 Å². The molecule has 22 heavy (non-hydrogen) atoms. The van der Waals surface area contributed by atoms with E-state index in [1.54, 1.807) is 12.5 Å². The van der Waals surface area contributed by atoms with E-state index < -0.39 is 10.8 Å². The number of nitrogens with zero attached hydrogens (tertiary/aromatic N) is 2. The highest BCUT2D eigenvalue weighted by Crippen LogP contribution is 2.49. The van der Waals surface area contributed by atoms with Crippen LogP contribution < -0.4 is 4.74 Å². The third-order valence-corrected chi connectivity index (χ3v) is 6.03. The van der Waals surface area contributed by atoms with E-state index in [4.69, 9.17) is 4.74 Å². The molecule has 3 rings (SSSR count). The second kappa shape index (κ2) is 7.09. The summed E-state index contributed by atoms with van der Waals surface area (Å²) in [5, 5.41) is 0. The van der Waals surface area contributed by atoms with Crippen LogP contribution in [0.25, 0.3) is 0 Å². The zero-order valence-corrected chi connectivity index (χ0v) is 14.3. The van der Waals surface area contributed by atoms with Gasteiger partial charge in [0.25, 0.3) is 0 Å². The van der Waals surface area contributed by atoms with Crippen LogP contribution in [0, 0.1) is 17.8 Å². The summed E-state index contributed by atoms with van der Waals surface area (Å²) in [5.74, 6) is 3.38. The normalized spacial score (nSPS) is 27.5. The van der Waals surface area contributed by atoms with Crippen molar-refractivity contribution in [1.82, 2.24) is 9.88 Å². The van der Waals surface area contributed by atoms with Crippen molar-refractivity contribution in [2.24, 2.45) is 17.8 Å². The van der Waals surface area contributed by atoms with Crippen LogP contribution in [-0.4, -0.2) is 47.1 Å². The maximum Gasteiger partial charge on any atom is 0.213 e. The molecular weight excluding hydrogens is 296 g/mol. The first-order chi connectivity index (χ1) is 10.6. The number of ether oxygens (including phenoxy) is 1. The third kappa shape index (κ3) is 4.07. The number of pyridine rings is 1. The van der Waals surface area contributed by atoms with Crippen molar-refractivity contribution in [3.8, 4) is 5.88 Å². The molecule has 2 heterocycles. The Kier molecular flexibility index (Phi) is 5.14. The minimum Gasteiger partial charge on any atom is -0.478 e. The van der Waals surface area contributed by atoms with Gasteiger partial charge in [-0.2, -0.15) is 0 Å². The molecule has 5 heteroatoms.